The molecule has 3 aromatic heterocycles. The van der Waals surface area contributed by atoms with Crippen LogP contribution >= 0.6 is 15.9 Å². The fourth-order valence-electron chi connectivity index (χ4n) is 9.38. The van der Waals surface area contributed by atoms with E-state index in [0.717, 1.165) is 75.0 Å². The van der Waals surface area contributed by atoms with Crippen LogP contribution in [0.2, 0.25) is 0 Å². The number of aromatic nitrogens is 4. The largest absolute Gasteiger partial charge is 0.355 e. The topological polar surface area (TPSA) is 57.4 Å². The summed E-state index contributed by atoms with van der Waals surface area (Å²) in [6.45, 7) is 9.18. The van der Waals surface area contributed by atoms with Gasteiger partial charge in [0.25, 0.3) is 0 Å². The van der Waals surface area contributed by atoms with Crippen LogP contribution in [0.5, 0.6) is 0 Å². The molecule has 0 saturated carbocycles. The normalized spacial score (nSPS) is 12.0. The monoisotopic (exact) mass is 940 g/mol. The number of hydrogen-bond acceptors (Lipinski definition) is 2. The molecule has 0 fully saturated rings. The van der Waals surface area contributed by atoms with Gasteiger partial charge in [-0.05, 0) is 155 Å². The van der Waals surface area contributed by atoms with Crippen molar-refractivity contribution in [1.29, 1.82) is 0 Å². The SMILES string of the molecule is CCCCCCc1cccc(CCCCCC)c1-c1c2nc(c(Br)c3nc(c(-c4c(CCCCCC)cccc4CCCCCC)c4ccc(cc5ccc1[nH]5)[nH]4)C=C3)C=C2.[Zn]. The molecule has 2 aliphatic heterocycles. The Morgan fingerprint density at radius 2 is 0.742 bits per heavy atom. The van der Waals surface area contributed by atoms with Crippen molar-refractivity contribution in [1.82, 2.24) is 19.9 Å². The summed E-state index contributed by atoms with van der Waals surface area (Å²) >= 11 is 4.06. The number of benzene rings is 2. The second-order valence-electron chi connectivity index (χ2n) is 17.4. The fourth-order valence-corrected chi connectivity index (χ4v) is 9.82. The molecular formula is C56H69BrN4Zn. The average molecular weight is 943 g/mol. The zero-order chi connectivity index (χ0) is 42.4. The third-order valence-electron chi connectivity index (χ3n) is 12.7. The van der Waals surface area contributed by atoms with Crippen LogP contribution in [0.15, 0.2) is 71.2 Å². The molecule has 322 valence electrons. The number of rotatable bonds is 22. The van der Waals surface area contributed by atoms with Gasteiger partial charge in [0.2, 0.25) is 0 Å². The average Bonchev–Trinajstić information content (AvgIpc) is 4.12. The van der Waals surface area contributed by atoms with Gasteiger partial charge in [0.15, 0.2) is 0 Å². The van der Waals surface area contributed by atoms with Gasteiger partial charge in [-0.15, -0.1) is 0 Å². The molecule has 0 saturated heterocycles. The van der Waals surface area contributed by atoms with Gasteiger partial charge in [0, 0.05) is 52.7 Å². The number of aryl methyl sites for hydroxylation is 4. The van der Waals surface area contributed by atoms with Gasteiger partial charge in [-0.1, -0.05) is 141 Å². The van der Waals surface area contributed by atoms with Crippen LogP contribution in [-0.2, 0) is 45.2 Å². The third-order valence-corrected chi connectivity index (χ3v) is 13.5. The second-order valence-corrected chi connectivity index (χ2v) is 18.2. The summed E-state index contributed by atoms with van der Waals surface area (Å²) in [5.74, 6) is 0. The van der Waals surface area contributed by atoms with E-state index in [1.165, 1.54) is 147 Å². The Morgan fingerprint density at radius 3 is 1.08 bits per heavy atom. The molecule has 5 heterocycles. The number of H-pyrrole nitrogens is 2. The van der Waals surface area contributed by atoms with Gasteiger partial charge in [0.05, 0.1) is 27.2 Å². The Hall–Kier alpha value is -3.86. The van der Waals surface area contributed by atoms with Gasteiger partial charge in [-0.2, -0.15) is 0 Å². The minimum atomic E-state index is 0. The van der Waals surface area contributed by atoms with Crippen LogP contribution in [0.25, 0.3) is 68.6 Å². The van der Waals surface area contributed by atoms with E-state index in [-0.39, 0.29) is 19.5 Å². The quantitative estimate of drug-likeness (QED) is 0.0525. The first-order chi connectivity index (χ1) is 30.0. The van der Waals surface area contributed by atoms with Crippen LogP contribution in [0, 0.1) is 0 Å². The number of nitrogens with one attached hydrogen (secondary N) is 2. The van der Waals surface area contributed by atoms with Crippen LogP contribution < -0.4 is 0 Å². The minimum absolute atomic E-state index is 0. The molecule has 0 atom stereocenters. The van der Waals surface area contributed by atoms with Crippen molar-refractivity contribution in [3.05, 3.63) is 116 Å². The molecule has 0 unspecified atom stereocenters. The first-order valence-corrected chi connectivity index (χ1v) is 24.8. The van der Waals surface area contributed by atoms with Crippen LogP contribution in [0.3, 0.4) is 0 Å². The Bertz CT molecular complexity index is 2240. The molecule has 0 amide bonds. The maximum atomic E-state index is 5.46. The van der Waals surface area contributed by atoms with Crippen molar-refractivity contribution in [3.8, 4) is 22.3 Å². The van der Waals surface area contributed by atoms with E-state index in [0.29, 0.717) is 0 Å². The first-order valence-electron chi connectivity index (χ1n) is 24.0. The van der Waals surface area contributed by atoms with E-state index in [1.54, 1.807) is 0 Å². The van der Waals surface area contributed by atoms with Crippen molar-refractivity contribution in [2.24, 2.45) is 0 Å². The van der Waals surface area contributed by atoms with Crippen LogP contribution in [0.4, 0.5) is 0 Å². The molecule has 0 radical (unpaired) electrons. The van der Waals surface area contributed by atoms with Crippen molar-refractivity contribution in [2.45, 2.75) is 156 Å². The van der Waals surface area contributed by atoms with Gasteiger partial charge < -0.3 is 9.97 Å². The maximum Gasteiger partial charge on any atom is 0.0801 e. The summed E-state index contributed by atoms with van der Waals surface area (Å²) in [5.41, 5.74) is 19.0. The second kappa shape index (κ2) is 24.3. The summed E-state index contributed by atoms with van der Waals surface area (Å²) < 4.78 is 0.920. The predicted octanol–water partition coefficient (Wildman–Crippen LogP) is 17.2. The van der Waals surface area contributed by atoms with Crippen molar-refractivity contribution in [2.75, 3.05) is 0 Å². The van der Waals surface area contributed by atoms with E-state index in [4.69, 9.17) is 9.97 Å². The summed E-state index contributed by atoms with van der Waals surface area (Å²) in [6, 6.07) is 25.3. The fraction of sp³-hybridized carbons (Fsp3) is 0.429. The number of aromatic amines is 2. The predicted molar refractivity (Wildman–Crippen MR) is 269 cm³/mol. The van der Waals surface area contributed by atoms with E-state index in [9.17, 15) is 0 Å². The molecule has 2 aromatic carbocycles. The molecular weight excluding hydrogens is 874 g/mol. The van der Waals surface area contributed by atoms with Crippen LogP contribution in [0.1, 0.15) is 175 Å². The molecule has 2 aliphatic rings. The smallest absolute Gasteiger partial charge is 0.0801 e. The molecule has 0 spiro atoms. The first kappa shape index (κ1) is 47.6. The van der Waals surface area contributed by atoms with Gasteiger partial charge in [-0.3, -0.25) is 0 Å². The molecule has 5 aromatic rings. The Morgan fingerprint density at radius 1 is 0.403 bits per heavy atom. The standard InChI is InChI=1S/C56H69BrN4.Zn/c1-5-9-13-17-23-40-27-21-28-41(24-18-14-10-6-2)52(40)54-46-33-31-44(58-46)39-45-32-34-47(59-45)55(49-36-38-51(61-49)56(57)50-37-35-48(54)60-50)53-42(25-19-15-11-7-3)29-22-30-43(53)26-20-16-12-8-4;/h21-22,27-39,58-59H,5-20,23-26H2,1-4H3;. The van der Waals surface area contributed by atoms with E-state index in [1.807, 2.05) is 0 Å². The Balaban J connectivity index is 0.00000641. The number of hydrogen-bond donors (Lipinski definition) is 2. The molecule has 8 bridgehead atoms. The van der Waals surface area contributed by atoms with Gasteiger partial charge in [0.1, 0.15) is 0 Å². The number of fused-ring (bicyclic) bond motifs is 8. The number of halogens is 1. The zero-order valence-electron chi connectivity index (χ0n) is 38.3. The summed E-state index contributed by atoms with van der Waals surface area (Å²) in [7, 11) is 0. The minimum Gasteiger partial charge on any atom is -0.355 e. The molecule has 2 N–H and O–H groups in total. The maximum absolute atomic E-state index is 5.46. The number of unbranched alkanes of at least 4 members (excludes halogenated alkanes) is 12. The van der Waals surface area contributed by atoms with E-state index >= 15 is 0 Å². The van der Waals surface area contributed by atoms with Crippen molar-refractivity contribution < 1.29 is 19.5 Å². The summed E-state index contributed by atoms with van der Waals surface area (Å²) in [5, 5.41) is 0. The van der Waals surface area contributed by atoms with Crippen LogP contribution in [-0.4, -0.2) is 19.9 Å². The zero-order valence-corrected chi connectivity index (χ0v) is 42.8. The van der Waals surface area contributed by atoms with E-state index in [2.05, 4.69) is 145 Å². The third kappa shape index (κ3) is 11.8. The van der Waals surface area contributed by atoms with Crippen molar-refractivity contribution >= 4 is 62.3 Å². The van der Waals surface area contributed by atoms with E-state index < -0.39 is 0 Å². The van der Waals surface area contributed by atoms with Gasteiger partial charge in [-0.25, -0.2) is 9.97 Å². The molecule has 4 nitrogen and oxygen atoms in total. The molecule has 7 rings (SSSR count). The Labute approximate surface area is 393 Å². The molecule has 6 heteroatoms. The summed E-state index contributed by atoms with van der Waals surface area (Å²) in [4.78, 5) is 18.7. The van der Waals surface area contributed by atoms with Gasteiger partial charge >= 0.3 is 0 Å². The Kier molecular flexibility index (Phi) is 18.6. The number of nitrogens with zero attached hydrogens (tertiary/aromatic N) is 2. The summed E-state index contributed by atoms with van der Waals surface area (Å²) in [6.07, 6.45) is 32.9. The molecule has 0 aliphatic carbocycles. The molecule has 62 heavy (non-hydrogen) atoms. The van der Waals surface area contributed by atoms with Crippen molar-refractivity contribution in [3.63, 3.8) is 0 Å².